The van der Waals surface area contributed by atoms with Gasteiger partial charge >= 0.3 is 0 Å². The fourth-order valence-corrected chi connectivity index (χ4v) is 3.85. The van der Waals surface area contributed by atoms with E-state index in [1.807, 2.05) is 36.6 Å². The van der Waals surface area contributed by atoms with Crippen LogP contribution in [-0.4, -0.2) is 39.5 Å². The Morgan fingerprint density at radius 2 is 1.93 bits per heavy atom. The van der Waals surface area contributed by atoms with Gasteiger partial charge < -0.3 is 4.90 Å². The summed E-state index contributed by atoms with van der Waals surface area (Å²) in [7, 11) is 3.41. The molecule has 0 bridgehead atoms. The minimum absolute atomic E-state index is 0.138. The molecule has 2 aromatic heterocycles. The topological polar surface area (TPSA) is 106 Å². The number of nitrogens with zero attached hydrogens (tertiary/aromatic N) is 5. The second kappa shape index (κ2) is 7.56. The Balaban J connectivity index is 1.62. The number of hydrogen-bond acceptors (Lipinski definition) is 7. The van der Waals surface area contributed by atoms with Crippen molar-refractivity contribution in [1.29, 1.82) is 0 Å². The molecule has 152 valence electrons. The first-order valence-corrected chi connectivity index (χ1v) is 9.90. The van der Waals surface area contributed by atoms with Crippen molar-refractivity contribution in [3.63, 3.8) is 0 Å². The lowest BCUT2D eigenvalue weighted by Gasteiger charge is -2.13. The average Bonchev–Trinajstić information content (AvgIpc) is 3.28. The summed E-state index contributed by atoms with van der Waals surface area (Å²) >= 11 is 1.41. The van der Waals surface area contributed by atoms with Crippen LogP contribution in [0.2, 0.25) is 0 Å². The van der Waals surface area contributed by atoms with E-state index >= 15 is 0 Å². The van der Waals surface area contributed by atoms with Gasteiger partial charge in [-0.05, 0) is 19.1 Å². The fraction of sp³-hybridized carbons (Fsp3) is 0.150. The Morgan fingerprint density at radius 1 is 1.20 bits per heavy atom. The molecule has 0 aliphatic heterocycles. The lowest BCUT2D eigenvalue weighted by Crippen LogP contribution is -2.15. The van der Waals surface area contributed by atoms with E-state index in [2.05, 4.69) is 15.4 Å². The lowest BCUT2D eigenvalue weighted by atomic mass is 10.1. The number of anilines is 2. The number of aromatic nitrogens is 3. The number of benzene rings is 2. The summed E-state index contributed by atoms with van der Waals surface area (Å²) in [5, 5.41) is 20.3. The van der Waals surface area contributed by atoms with Crippen LogP contribution in [0, 0.1) is 17.0 Å². The van der Waals surface area contributed by atoms with Crippen molar-refractivity contribution >= 4 is 39.5 Å². The summed E-state index contributed by atoms with van der Waals surface area (Å²) < 4.78 is 1.67. The Hall–Kier alpha value is -3.79. The van der Waals surface area contributed by atoms with Gasteiger partial charge in [0.25, 0.3) is 17.5 Å². The molecule has 1 N–H and O–H groups in total. The van der Waals surface area contributed by atoms with Crippen molar-refractivity contribution in [3.8, 4) is 11.3 Å². The molecule has 10 heteroatoms. The summed E-state index contributed by atoms with van der Waals surface area (Å²) in [5.41, 5.74) is 3.45. The number of fused-ring (bicyclic) bond motifs is 1. The van der Waals surface area contributed by atoms with E-state index in [9.17, 15) is 14.9 Å². The van der Waals surface area contributed by atoms with Crippen molar-refractivity contribution in [1.82, 2.24) is 14.6 Å². The maximum Gasteiger partial charge on any atom is 0.293 e. The van der Waals surface area contributed by atoms with Crippen LogP contribution in [0.25, 0.3) is 16.2 Å². The predicted octanol–water partition coefficient (Wildman–Crippen LogP) is 3.99. The van der Waals surface area contributed by atoms with E-state index in [4.69, 9.17) is 0 Å². The van der Waals surface area contributed by atoms with Gasteiger partial charge in [-0.1, -0.05) is 29.8 Å². The zero-order chi connectivity index (χ0) is 21.4. The molecule has 9 nitrogen and oxygen atoms in total. The highest BCUT2D eigenvalue weighted by Crippen LogP contribution is 2.29. The van der Waals surface area contributed by atoms with Crippen LogP contribution < -0.4 is 10.2 Å². The monoisotopic (exact) mass is 422 g/mol. The van der Waals surface area contributed by atoms with Gasteiger partial charge in [-0.15, -0.1) is 16.4 Å². The van der Waals surface area contributed by atoms with Gasteiger partial charge in [0.1, 0.15) is 5.69 Å². The number of carbonyl (C=O) groups excluding carboxylic acids is 1. The van der Waals surface area contributed by atoms with E-state index < -0.39 is 10.8 Å². The molecule has 0 saturated carbocycles. The van der Waals surface area contributed by atoms with Crippen LogP contribution >= 0.6 is 11.3 Å². The Labute approximate surface area is 175 Å². The molecule has 0 aliphatic carbocycles. The second-order valence-corrected chi connectivity index (χ2v) is 7.76. The molecule has 0 fully saturated rings. The minimum Gasteiger partial charge on any atom is -0.372 e. The van der Waals surface area contributed by atoms with Gasteiger partial charge in [-0.3, -0.25) is 20.2 Å². The zero-order valence-electron chi connectivity index (χ0n) is 16.5. The fourth-order valence-electron chi connectivity index (χ4n) is 3.02. The molecular weight excluding hydrogens is 404 g/mol. The Morgan fingerprint density at radius 3 is 2.60 bits per heavy atom. The third-order valence-electron chi connectivity index (χ3n) is 4.57. The highest BCUT2D eigenvalue weighted by Gasteiger charge is 2.20. The first kappa shape index (κ1) is 19.5. The largest absolute Gasteiger partial charge is 0.372 e. The third-order valence-corrected chi connectivity index (χ3v) is 5.39. The molecule has 2 aromatic carbocycles. The summed E-state index contributed by atoms with van der Waals surface area (Å²) in [6.07, 6.45) is 0. The zero-order valence-corrected chi connectivity index (χ0v) is 17.3. The molecule has 0 radical (unpaired) electrons. The number of amides is 1. The molecule has 4 rings (SSSR count). The molecular formula is C20H18N6O3S. The maximum absolute atomic E-state index is 12.6. The second-order valence-electron chi connectivity index (χ2n) is 6.93. The normalized spacial score (nSPS) is 10.9. The molecule has 0 aliphatic rings. The Bertz CT molecular complexity index is 1260. The van der Waals surface area contributed by atoms with Gasteiger partial charge in [-0.2, -0.15) is 4.98 Å². The van der Waals surface area contributed by atoms with E-state index in [1.54, 1.807) is 29.6 Å². The van der Waals surface area contributed by atoms with Crippen molar-refractivity contribution in [2.24, 2.45) is 0 Å². The SMILES string of the molecule is Cc1ccc(-c2csc3nc(NC(=O)c4ccc(N(C)C)c([N+](=O)[O-])c4)nn23)cc1. The minimum atomic E-state index is -0.515. The van der Waals surface area contributed by atoms with Gasteiger partial charge in [0.05, 0.1) is 10.6 Å². The van der Waals surface area contributed by atoms with E-state index in [1.165, 1.54) is 23.5 Å². The summed E-state index contributed by atoms with van der Waals surface area (Å²) in [5.74, 6) is -0.377. The van der Waals surface area contributed by atoms with Gasteiger partial charge in [0.2, 0.25) is 4.96 Å². The molecule has 0 spiro atoms. The van der Waals surface area contributed by atoms with Crippen molar-refractivity contribution < 1.29 is 9.72 Å². The molecule has 0 saturated heterocycles. The number of aryl methyl sites for hydroxylation is 1. The number of thiazole rings is 1. The number of nitro benzene ring substituents is 1. The van der Waals surface area contributed by atoms with Gasteiger partial charge in [0.15, 0.2) is 0 Å². The standard InChI is InChI=1S/C20H18N6O3S/c1-12-4-6-13(7-5-12)17-11-30-20-22-19(23-25(17)20)21-18(27)14-8-9-15(24(2)3)16(10-14)26(28)29/h4-11H,1-3H3,(H,21,23,27). The average molecular weight is 422 g/mol. The van der Waals surface area contributed by atoms with Crippen LogP contribution in [0.1, 0.15) is 15.9 Å². The van der Waals surface area contributed by atoms with E-state index in [-0.39, 0.29) is 17.2 Å². The molecule has 0 unspecified atom stereocenters. The first-order chi connectivity index (χ1) is 14.3. The first-order valence-electron chi connectivity index (χ1n) is 9.02. The highest BCUT2D eigenvalue weighted by atomic mass is 32.1. The summed E-state index contributed by atoms with van der Waals surface area (Å²) in [4.78, 5) is 30.1. The summed E-state index contributed by atoms with van der Waals surface area (Å²) in [6.45, 7) is 2.02. The van der Waals surface area contributed by atoms with Crippen LogP contribution in [-0.2, 0) is 0 Å². The molecule has 1 amide bonds. The Kier molecular flexibility index (Phi) is 4.92. The number of hydrogen-bond donors (Lipinski definition) is 1. The quantitative estimate of drug-likeness (QED) is 0.385. The van der Waals surface area contributed by atoms with Crippen LogP contribution in [0.5, 0.6) is 0 Å². The maximum atomic E-state index is 12.6. The van der Waals surface area contributed by atoms with Crippen molar-refractivity contribution in [2.75, 3.05) is 24.3 Å². The van der Waals surface area contributed by atoms with Crippen LogP contribution in [0.4, 0.5) is 17.3 Å². The molecule has 4 aromatic rings. The molecule has 30 heavy (non-hydrogen) atoms. The molecule has 2 heterocycles. The lowest BCUT2D eigenvalue weighted by molar-refractivity contribution is -0.384. The van der Waals surface area contributed by atoms with E-state index in [0.717, 1.165) is 16.8 Å². The van der Waals surface area contributed by atoms with Crippen LogP contribution in [0.3, 0.4) is 0 Å². The van der Waals surface area contributed by atoms with Crippen LogP contribution in [0.15, 0.2) is 47.8 Å². The smallest absolute Gasteiger partial charge is 0.293 e. The third kappa shape index (κ3) is 3.60. The number of rotatable bonds is 5. The van der Waals surface area contributed by atoms with Gasteiger partial charge in [-0.25, -0.2) is 4.52 Å². The van der Waals surface area contributed by atoms with Crippen molar-refractivity contribution in [2.45, 2.75) is 6.92 Å². The molecule has 0 atom stereocenters. The summed E-state index contributed by atoms with van der Waals surface area (Å²) in [6, 6.07) is 12.4. The number of nitro groups is 1. The van der Waals surface area contributed by atoms with Crippen molar-refractivity contribution in [3.05, 3.63) is 69.1 Å². The van der Waals surface area contributed by atoms with Gasteiger partial charge in [0, 0.05) is 36.7 Å². The number of nitrogens with one attached hydrogen (secondary N) is 1. The van der Waals surface area contributed by atoms with E-state index in [0.29, 0.717) is 10.6 Å². The number of carbonyl (C=O) groups is 1. The highest BCUT2D eigenvalue weighted by molar-refractivity contribution is 7.15. The predicted molar refractivity (Wildman–Crippen MR) is 116 cm³/mol.